The van der Waals surface area contributed by atoms with Gasteiger partial charge in [0, 0.05) is 0 Å². The summed E-state index contributed by atoms with van der Waals surface area (Å²) >= 11 is 0. The first kappa shape index (κ1) is 19.2. The molecular formula is C24H27N3O2. The molecule has 2 aromatic rings. The van der Waals surface area contributed by atoms with E-state index in [0.717, 1.165) is 30.1 Å². The molecule has 2 unspecified atom stereocenters. The average molecular weight is 389 g/mol. The quantitative estimate of drug-likeness (QED) is 0.452. The average Bonchev–Trinajstić information content (AvgIpc) is 2.77. The van der Waals surface area contributed by atoms with Crippen LogP contribution in [-0.2, 0) is 0 Å². The Bertz CT molecular complexity index is 908. The van der Waals surface area contributed by atoms with Crippen LogP contribution in [0.4, 0.5) is 0 Å². The molecule has 3 atom stereocenters. The van der Waals surface area contributed by atoms with Crippen LogP contribution < -0.4 is 10.1 Å². The molecule has 1 heterocycles. The number of para-hydroxylation sites is 1. The Kier molecular flexibility index (Phi) is 5.65. The van der Waals surface area contributed by atoms with Gasteiger partial charge < -0.3 is 15.3 Å². The number of oxime groups is 1. The lowest BCUT2D eigenvalue weighted by molar-refractivity contribution is 0.287. The number of nitrogens with zero attached hydrogens (tertiary/aromatic N) is 2. The normalized spacial score (nSPS) is 27.2. The van der Waals surface area contributed by atoms with Crippen molar-refractivity contribution in [2.45, 2.75) is 31.7 Å². The van der Waals surface area contributed by atoms with Crippen LogP contribution in [0, 0.1) is 5.41 Å². The van der Waals surface area contributed by atoms with Gasteiger partial charge in [-0.15, -0.1) is 0 Å². The lowest BCUT2D eigenvalue weighted by Gasteiger charge is -2.43. The molecule has 1 saturated carbocycles. The molecule has 29 heavy (non-hydrogen) atoms. The summed E-state index contributed by atoms with van der Waals surface area (Å²) in [7, 11) is 0. The van der Waals surface area contributed by atoms with Gasteiger partial charge in [0.25, 0.3) is 0 Å². The molecule has 2 aromatic carbocycles. The Hall–Kier alpha value is -3.08. The summed E-state index contributed by atoms with van der Waals surface area (Å²) < 4.78 is 5.74. The van der Waals surface area contributed by atoms with Crippen LogP contribution in [0.1, 0.15) is 31.2 Å². The van der Waals surface area contributed by atoms with Gasteiger partial charge in [-0.05, 0) is 49.5 Å². The molecule has 2 aliphatic rings. The van der Waals surface area contributed by atoms with E-state index in [9.17, 15) is 5.21 Å². The number of hydrogen-bond acceptors (Lipinski definition) is 5. The molecule has 0 amide bonds. The van der Waals surface area contributed by atoms with Crippen molar-refractivity contribution in [3.63, 3.8) is 0 Å². The monoisotopic (exact) mass is 389 g/mol. The number of rotatable bonds is 5. The van der Waals surface area contributed by atoms with Crippen molar-refractivity contribution in [2.75, 3.05) is 13.2 Å². The van der Waals surface area contributed by atoms with Gasteiger partial charge in [-0.25, -0.2) is 0 Å². The van der Waals surface area contributed by atoms with E-state index >= 15 is 0 Å². The topological polar surface area (TPSA) is 66.2 Å². The Morgan fingerprint density at radius 2 is 1.86 bits per heavy atom. The summed E-state index contributed by atoms with van der Waals surface area (Å²) in [6.45, 7) is 3.35. The number of ether oxygens (including phenoxy) is 1. The van der Waals surface area contributed by atoms with Crippen LogP contribution >= 0.6 is 0 Å². The Labute approximate surface area is 171 Å². The zero-order valence-electron chi connectivity index (χ0n) is 16.7. The van der Waals surface area contributed by atoms with Gasteiger partial charge in [0.15, 0.2) is 0 Å². The minimum Gasteiger partial charge on any atom is -0.492 e. The SMILES string of the molecule is C[C@]12C=CC(NCCOc3ccccc3)=NC1CC(c1ccccc1)C/C2=N\O. The van der Waals surface area contributed by atoms with Gasteiger partial charge in [-0.2, -0.15) is 0 Å². The first-order valence-corrected chi connectivity index (χ1v) is 10.1. The third kappa shape index (κ3) is 4.19. The first-order chi connectivity index (χ1) is 14.2. The minimum absolute atomic E-state index is 0.0369. The zero-order chi connectivity index (χ0) is 20.1. The standard InChI is InChI=1S/C24H27N3O2/c1-24-13-12-23(25-14-15-29-20-10-6-3-7-11-20)26-21(24)16-19(17-22(24)27-28)18-8-4-2-5-9-18/h2-13,19,21,28H,14-17H2,1H3,(H,25,26)/b27-22+/t19?,21?,24-/m0/s1. The number of benzene rings is 2. The molecule has 5 nitrogen and oxygen atoms in total. The van der Waals surface area contributed by atoms with E-state index in [2.05, 4.69) is 47.7 Å². The molecular weight excluding hydrogens is 362 g/mol. The fourth-order valence-electron chi connectivity index (χ4n) is 4.20. The highest BCUT2D eigenvalue weighted by Crippen LogP contribution is 2.45. The number of fused-ring (bicyclic) bond motifs is 1. The van der Waals surface area contributed by atoms with E-state index in [1.807, 2.05) is 42.5 Å². The van der Waals surface area contributed by atoms with Crippen molar-refractivity contribution in [1.82, 2.24) is 5.32 Å². The lowest BCUT2D eigenvalue weighted by atomic mass is 9.64. The Morgan fingerprint density at radius 3 is 2.59 bits per heavy atom. The number of aliphatic imine (C=N–C) groups is 1. The molecule has 1 aliphatic heterocycles. The second-order valence-electron chi connectivity index (χ2n) is 7.83. The van der Waals surface area contributed by atoms with E-state index < -0.39 is 0 Å². The Morgan fingerprint density at radius 1 is 1.14 bits per heavy atom. The van der Waals surface area contributed by atoms with Gasteiger partial charge in [0.2, 0.25) is 0 Å². The molecule has 1 fully saturated rings. The second-order valence-corrected chi connectivity index (χ2v) is 7.83. The summed E-state index contributed by atoms with van der Waals surface area (Å²) in [6.07, 6.45) is 5.80. The molecule has 0 aromatic heterocycles. The van der Waals surface area contributed by atoms with E-state index in [1.165, 1.54) is 5.56 Å². The van der Waals surface area contributed by atoms with Crippen LogP contribution in [0.3, 0.4) is 0 Å². The second kappa shape index (κ2) is 8.52. The van der Waals surface area contributed by atoms with Crippen LogP contribution in [-0.4, -0.2) is 35.9 Å². The summed E-state index contributed by atoms with van der Waals surface area (Å²) in [5.41, 5.74) is 1.73. The third-order valence-corrected chi connectivity index (χ3v) is 5.96. The summed E-state index contributed by atoms with van der Waals surface area (Å²) in [6, 6.07) is 20.3. The van der Waals surface area contributed by atoms with Crippen molar-refractivity contribution < 1.29 is 9.94 Å². The van der Waals surface area contributed by atoms with Crippen molar-refractivity contribution >= 4 is 11.5 Å². The van der Waals surface area contributed by atoms with E-state index in [4.69, 9.17) is 9.73 Å². The zero-order valence-corrected chi connectivity index (χ0v) is 16.7. The summed E-state index contributed by atoms with van der Waals surface area (Å²) in [5, 5.41) is 16.7. The van der Waals surface area contributed by atoms with Crippen molar-refractivity contribution in [3.05, 3.63) is 78.4 Å². The van der Waals surface area contributed by atoms with E-state index in [0.29, 0.717) is 19.1 Å². The summed E-state index contributed by atoms with van der Waals surface area (Å²) in [5.74, 6) is 2.03. The maximum atomic E-state index is 9.68. The molecule has 0 spiro atoms. The van der Waals surface area contributed by atoms with Gasteiger partial charge >= 0.3 is 0 Å². The molecule has 0 bridgehead atoms. The maximum absolute atomic E-state index is 9.68. The van der Waals surface area contributed by atoms with E-state index in [1.54, 1.807) is 0 Å². The van der Waals surface area contributed by atoms with Gasteiger partial charge in [0.05, 0.1) is 23.7 Å². The van der Waals surface area contributed by atoms with Crippen molar-refractivity contribution in [3.8, 4) is 5.75 Å². The largest absolute Gasteiger partial charge is 0.492 e. The maximum Gasteiger partial charge on any atom is 0.120 e. The molecule has 5 heteroatoms. The van der Waals surface area contributed by atoms with Gasteiger partial charge in [-0.3, -0.25) is 4.99 Å². The van der Waals surface area contributed by atoms with Crippen LogP contribution in [0.15, 0.2) is 83.0 Å². The predicted octanol–water partition coefficient (Wildman–Crippen LogP) is 4.41. The lowest BCUT2D eigenvalue weighted by Crippen LogP contribution is -2.46. The van der Waals surface area contributed by atoms with Crippen LogP contribution in [0.25, 0.3) is 0 Å². The number of hydrogen-bond donors (Lipinski definition) is 2. The highest BCUT2D eigenvalue weighted by molar-refractivity contribution is 6.00. The fourth-order valence-corrected chi connectivity index (χ4v) is 4.20. The highest BCUT2D eigenvalue weighted by atomic mass is 16.5. The summed E-state index contributed by atoms with van der Waals surface area (Å²) in [4.78, 5) is 4.97. The smallest absolute Gasteiger partial charge is 0.120 e. The molecule has 2 N–H and O–H groups in total. The molecule has 150 valence electrons. The number of amidine groups is 1. The first-order valence-electron chi connectivity index (χ1n) is 10.1. The van der Waals surface area contributed by atoms with Crippen molar-refractivity contribution in [1.29, 1.82) is 0 Å². The third-order valence-electron chi connectivity index (χ3n) is 5.96. The highest BCUT2D eigenvalue weighted by Gasteiger charge is 2.45. The molecule has 4 rings (SSSR count). The number of nitrogens with one attached hydrogen (secondary N) is 1. The van der Waals surface area contributed by atoms with E-state index in [-0.39, 0.29) is 11.5 Å². The van der Waals surface area contributed by atoms with Gasteiger partial charge in [0.1, 0.15) is 18.2 Å². The molecule has 0 saturated heterocycles. The van der Waals surface area contributed by atoms with Crippen molar-refractivity contribution in [2.24, 2.45) is 15.6 Å². The van der Waals surface area contributed by atoms with Crippen LogP contribution in [0.5, 0.6) is 5.75 Å². The fraction of sp³-hybridized carbons (Fsp3) is 0.333. The van der Waals surface area contributed by atoms with Gasteiger partial charge in [-0.1, -0.05) is 59.8 Å². The molecule has 0 radical (unpaired) electrons. The predicted molar refractivity (Wildman–Crippen MR) is 116 cm³/mol. The minimum atomic E-state index is -0.342. The molecule has 1 aliphatic carbocycles. The number of dihydropyridines is 1. The van der Waals surface area contributed by atoms with Crippen LogP contribution in [0.2, 0.25) is 0 Å². The Balaban J connectivity index is 1.42.